The SMILES string of the molecule is CCCS(=O)(=O)Nc1ccc(F)c(C(=O)Nc2cnc3cc(C4CCNCC4)nn3c2)c1F. The van der Waals surface area contributed by atoms with Gasteiger partial charge in [-0.3, -0.25) is 9.52 Å². The van der Waals surface area contributed by atoms with Gasteiger partial charge in [0, 0.05) is 12.0 Å². The molecular formula is C21H24F2N6O3S. The van der Waals surface area contributed by atoms with Gasteiger partial charge in [0.15, 0.2) is 11.5 Å². The predicted molar refractivity (Wildman–Crippen MR) is 120 cm³/mol. The van der Waals surface area contributed by atoms with Crippen molar-refractivity contribution in [2.75, 3.05) is 28.9 Å². The number of anilines is 2. The van der Waals surface area contributed by atoms with Crippen LogP contribution in [0.2, 0.25) is 0 Å². The minimum absolute atomic E-state index is 0.184. The number of hydrogen-bond acceptors (Lipinski definition) is 6. The van der Waals surface area contributed by atoms with E-state index >= 15 is 0 Å². The summed E-state index contributed by atoms with van der Waals surface area (Å²) in [4.78, 5) is 16.9. The van der Waals surface area contributed by atoms with E-state index in [9.17, 15) is 22.0 Å². The zero-order chi connectivity index (χ0) is 23.6. The monoisotopic (exact) mass is 478 g/mol. The number of sulfonamides is 1. The number of benzene rings is 1. The maximum absolute atomic E-state index is 14.9. The normalized spacial score (nSPS) is 15.0. The Morgan fingerprint density at radius 1 is 1.27 bits per heavy atom. The predicted octanol–water partition coefficient (Wildman–Crippen LogP) is 2.88. The van der Waals surface area contributed by atoms with E-state index < -0.39 is 38.8 Å². The van der Waals surface area contributed by atoms with Crippen molar-refractivity contribution in [1.82, 2.24) is 19.9 Å². The molecule has 1 aliphatic heterocycles. The quantitative estimate of drug-likeness (QED) is 0.481. The number of amides is 1. The Morgan fingerprint density at radius 2 is 2.03 bits per heavy atom. The van der Waals surface area contributed by atoms with Crippen LogP contribution in [0.25, 0.3) is 5.65 Å². The largest absolute Gasteiger partial charge is 0.319 e. The molecule has 2 aromatic heterocycles. The number of fused-ring (bicyclic) bond motifs is 1. The molecule has 0 unspecified atom stereocenters. The summed E-state index contributed by atoms with van der Waals surface area (Å²) in [6.45, 7) is 3.48. The summed E-state index contributed by atoms with van der Waals surface area (Å²) in [7, 11) is -3.82. The minimum atomic E-state index is -3.82. The van der Waals surface area contributed by atoms with E-state index in [1.165, 1.54) is 16.9 Å². The maximum Gasteiger partial charge on any atom is 0.261 e. The van der Waals surface area contributed by atoms with Crippen LogP contribution in [0.4, 0.5) is 20.2 Å². The fourth-order valence-electron chi connectivity index (χ4n) is 3.80. The Bertz CT molecular complexity index is 1290. The van der Waals surface area contributed by atoms with Crippen molar-refractivity contribution < 1.29 is 22.0 Å². The van der Waals surface area contributed by atoms with E-state index in [-0.39, 0.29) is 11.4 Å². The third kappa shape index (κ3) is 5.11. The number of nitrogens with one attached hydrogen (secondary N) is 3. The summed E-state index contributed by atoms with van der Waals surface area (Å²) in [5.41, 5.74) is 0.274. The molecule has 3 N–H and O–H groups in total. The molecule has 1 saturated heterocycles. The molecule has 0 atom stereocenters. The fraction of sp³-hybridized carbons (Fsp3) is 0.381. The van der Waals surface area contributed by atoms with Crippen LogP contribution < -0.4 is 15.4 Å². The van der Waals surface area contributed by atoms with Crippen LogP contribution in [0.1, 0.15) is 48.2 Å². The first-order chi connectivity index (χ1) is 15.8. The van der Waals surface area contributed by atoms with E-state index in [2.05, 4.69) is 25.4 Å². The summed E-state index contributed by atoms with van der Waals surface area (Å²) in [6.07, 6.45) is 5.11. The Hall–Kier alpha value is -3.12. The highest BCUT2D eigenvalue weighted by Crippen LogP contribution is 2.26. The third-order valence-corrected chi connectivity index (χ3v) is 6.88. The van der Waals surface area contributed by atoms with Crippen molar-refractivity contribution in [3.05, 3.63) is 53.5 Å². The molecule has 0 radical (unpaired) electrons. The molecule has 1 fully saturated rings. The zero-order valence-corrected chi connectivity index (χ0v) is 18.8. The highest BCUT2D eigenvalue weighted by Gasteiger charge is 2.24. The van der Waals surface area contributed by atoms with Gasteiger partial charge in [-0.2, -0.15) is 5.10 Å². The topological polar surface area (TPSA) is 117 Å². The number of carbonyl (C=O) groups is 1. The van der Waals surface area contributed by atoms with Crippen molar-refractivity contribution in [1.29, 1.82) is 0 Å². The lowest BCUT2D eigenvalue weighted by atomic mass is 9.95. The van der Waals surface area contributed by atoms with Gasteiger partial charge < -0.3 is 10.6 Å². The van der Waals surface area contributed by atoms with Crippen molar-refractivity contribution in [3.63, 3.8) is 0 Å². The van der Waals surface area contributed by atoms with E-state index in [1.807, 2.05) is 6.07 Å². The minimum Gasteiger partial charge on any atom is -0.319 e. The Kier molecular flexibility index (Phi) is 6.56. The number of rotatable bonds is 7. The van der Waals surface area contributed by atoms with E-state index in [1.54, 1.807) is 6.92 Å². The van der Waals surface area contributed by atoms with E-state index in [4.69, 9.17) is 0 Å². The Balaban J connectivity index is 1.56. The first kappa shape index (κ1) is 23.1. The second-order valence-electron chi connectivity index (χ2n) is 7.90. The molecular weight excluding hydrogens is 454 g/mol. The lowest BCUT2D eigenvalue weighted by Crippen LogP contribution is -2.26. The van der Waals surface area contributed by atoms with Crippen LogP contribution >= 0.6 is 0 Å². The molecule has 9 nitrogen and oxygen atoms in total. The second kappa shape index (κ2) is 9.40. The molecule has 176 valence electrons. The van der Waals surface area contributed by atoms with E-state index in [0.717, 1.165) is 43.8 Å². The van der Waals surface area contributed by atoms with Crippen LogP contribution in [0.5, 0.6) is 0 Å². The standard InChI is InChI=1S/C21H24F2N6O3S/c1-2-9-33(31,32)28-16-4-3-15(22)19(20(16)23)21(30)26-14-11-25-18-10-17(27-29(18)12-14)13-5-7-24-8-6-13/h3-4,10-13,24,28H,2,5-9H2,1H3,(H,26,30). The average Bonchev–Trinajstić information content (AvgIpc) is 3.20. The smallest absolute Gasteiger partial charge is 0.261 e. The molecule has 3 heterocycles. The molecule has 1 amide bonds. The van der Waals surface area contributed by atoms with Crippen LogP contribution in [-0.2, 0) is 10.0 Å². The third-order valence-electron chi connectivity index (χ3n) is 5.40. The molecule has 0 aliphatic carbocycles. The van der Waals surface area contributed by atoms with Crippen LogP contribution in [0, 0.1) is 11.6 Å². The van der Waals surface area contributed by atoms with Gasteiger partial charge in [0.25, 0.3) is 5.91 Å². The number of hydrogen-bond donors (Lipinski definition) is 3. The first-order valence-electron chi connectivity index (χ1n) is 10.6. The Morgan fingerprint density at radius 3 is 2.76 bits per heavy atom. The molecule has 0 bridgehead atoms. The molecule has 4 rings (SSSR count). The van der Waals surface area contributed by atoms with Crippen molar-refractivity contribution in [2.24, 2.45) is 0 Å². The highest BCUT2D eigenvalue weighted by molar-refractivity contribution is 7.92. The molecule has 1 aromatic carbocycles. The maximum atomic E-state index is 14.9. The van der Waals surface area contributed by atoms with Gasteiger partial charge in [-0.15, -0.1) is 0 Å². The van der Waals surface area contributed by atoms with Gasteiger partial charge in [0.2, 0.25) is 10.0 Å². The van der Waals surface area contributed by atoms with E-state index in [0.29, 0.717) is 18.0 Å². The second-order valence-corrected chi connectivity index (χ2v) is 9.74. The molecule has 3 aromatic rings. The fourth-order valence-corrected chi connectivity index (χ4v) is 4.93. The summed E-state index contributed by atoms with van der Waals surface area (Å²) in [5.74, 6) is -3.42. The van der Waals surface area contributed by atoms with Crippen LogP contribution in [0.15, 0.2) is 30.6 Å². The Labute approximate surface area is 189 Å². The van der Waals surface area contributed by atoms with Gasteiger partial charge in [0.05, 0.1) is 35.2 Å². The van der Waals surface area contributed by atoms with Crippen LogP contribution in [0.3, 0.4) is 0 Å². The molecule has 33 heavy (non-hydrogen) atoms. The number of aromatic nitrogens is 3. The number of nitrogens with zero attached hydrogens (tertiary/aromatic N) is 3. The molecule has 12 heteroatoms. The van der Waals surface area contributed by atoms with Gasteiger partial charge in [-0.05, 0) is 44.5 Å². The highest BCUT2D eigenvalue weighted by atomic mass is 32.2. The van der Waals surface area contributed by atoms with Crippen LogP contribution in [-0.4, -0.2) is 47.8 Å². The lowest BCUT2D eigenvalue weighted by molar-refractivity contribution is 0.101. The summed E-state index contributed by atoms with van der Waals surface area (Å²) >= 11 is 0. The first-order valence-corrected chi connectivity index (χ1v) is 12.3. The summed E-state index contributed by atoms with van der Waals surface area (Å²) in [6, 6.07) is 3.66. The van der Waals surface area contributed by atoms with Gasteiger partial charge >= 0.3 is 0 Å². The van der Waals surface area contributed by atoms with Gasteiger partial charge in [-0.1, -0.05) is 6.92 Å². The molecule has 0 saturated carbocycles. The lowest BCUT2D eigenvalue weighted by Gasteiger charge is -2.20. The van der Waals surface area contributed by atoms with Gasteiger partial charge in [-0.25, -0.2) is 26.7 Å². The summed E-state index contributed by atoms with van der Waals surface area (Å²) in [5, 5.41) is 10.2. The zero-order valence-electron chi connectivity index (χ0n) is 17.9. The number of carbonyl (C=O) groups excluding carboxylic acids is 1. The molecule has 1 aliphatic rings. The number of halogens is 2. The van der Waals surface area contributed by atoms with Crippen molar-refractivity contribution in [2.45, 2.75) is 32.1 Å². The van der Waals surface area contributed by atoms with Crippen molar-refractivity contribution >= 4 is 33.0 Å². The average molecular weight is 479 g/mol. The summed E-state index contributed by atoms with van der Waals surface area (Å²) < 4.78 is 56.6. The molecule has 0 spiro atoms. The van der Waals surface area contributed by atoms with Gasteiger partial charge in [0.1, 0.15) is 11.4 Å². The van der Waals surface area contributed by atoms with Crippen molar-refractivity contribution in [3.8, 4) is 0 Å². The number of piperidine rings is 1.